The molecule has 2 atom stereocenters. The average Bonchev–Trinajstić information content (AvgIpc) is 3.20. The lowest BCUT2D eigenvalue weighted by Gasteiger charge is -2.12. The van der Waals surface area contributed by atoms with Gasteiger partial charge in [-0.1, -0.05) is 6.92 Å². The fourth-order valence-electron chi connectivity index (χ4n) is 3.00. The number of nitrogens with two attached hydrogens (primary N) is 1. The van der Waals surface area contributed by atoms with Crippen LogP contribution in [0.25, 0.3) is 10.6 Å². The Balaban J connectivity index is 0.00000156. The zero-order chi connectivity index (χ0) is 15.1. The van der Waals surface area contributed by atoms with Crippen LogP contribution in [0.4, 0.5) is 0 Å². The van der Waals surface area contributed by atoms with Crippen molar-refractivity contribution in [1.82, 2.24) is 9.88 Å². The van der Waals surface area contributed by atoms with E-state index in [2.05, 4.69) is 17.2 Å². The SMILES string of the molecule is CC1CN(Cc2csc(-c3ccc4c(c3)OCO4)n2)CC1N.Cl. The van der Waals surface area contributed by atoms with Gasteiger partial charge in [0.15, 0.2) is 11.5 Å². The van der Waals surface area contributed by atoms with Crippen molar-refractivity contribution in [3.63, 3.8) is 0 Å². The zero-order valence-electron chi connectivity index (χ0n) is 12.9. The average molecular weight is 354 g/mol. The van der Waals surface area contributed by atoms with Gasteiger partial charge in [0.25, 0.3) is 0 Å². The van der Waals surface area contributed by atoms with E-state index >= 15 is 0 Å². The summed E-state index contributed by atoms with van der Waals surface area (Å²) in [7, 11) is 0. The molecule has 1 aromatic carbocycles. The van der Waals surface area contributed by atoms with Gasteiger partial charge in [0.05, 0.1) is 5.69 Å². The van der Waals surface area contributed by atoms with Crippen molar-refractivity contribution in [1.29, 1.82) is 0 Å². The normalized spacial score (nSPS) is 23.0. The van der Waals surface area contributed by atoms with Crippen LogP contribution in [0.2, 0.25) is 0 Å². The molecule has 1 fully saturated rings. The summed E-state index contributed by atoms with van der Waals surface area (Å²) in [4.78, 5) is 7.14. The van der Waals surface area contributed by atoms with E-state index in [0.29, 0.717) is 12.7 Å². The molecule has 0 aliphatic carbocycles. The minimum absolute atomic E-state index is 0. The number of ether oxygens (including phenoxy) is 2. The summed E-state index contributed by atoms with van der Waals surface area (Å²) >= 11 is 1.67. The van der Waals surface area contributed by atoms with Crippen molar-refractivity contribution >= 4 is 23.7 Å². The molecule has 3 heterocycles. The van der Waals surface area contributed by atoms with E-state index in [-0.39, 0.29) is 18.4 Å². The third-order valence-corrected chi connectivity index (χ3v) is 5.24. The summed E-state index contributed by atoms with van der Waals surface area (Å²) in [5.41, 5.74) is 8.27. The van der Waals surface area contributed by atoms with E-state index < -0.39 is 0 Å². The van der Waals surface area contributed by atoms with Crippen LogP contribution in [0.3, 0.4) is 0 Å². The van der Waals surface area contributed by atoms with Crippen molar-refractivity contribution in [3.05, 3.63) is 29.3 Å². The number of fused-ring (bicyclic) bond motifs is 1. The summed E-state index contributed by atoms with van der Waals surface area (Å²) in [6, 6.07) is 6.26. The van der Waals surface area contributed by atoms with Gasteiger partial charge in [-0.25, -0.2) is 4.98 Å². The molecule has 2 aliphatic rings. The van der Waals surface area contributed by atoms with Crippen molar-refractivity contribution in [2.45, 2.75) is 19.5 Å². The van der Waals surface area contributed by atoms with Gasteiger partial charge in [-0.15, -0.1) is 23.7 Å². The molecule has 0 spiro atoms. The second kappa shape index (κ2) is 6.65. The number of halogens is 1. The van der Waals surface area contributed by atoms with Gasteiger partial charge in [-0.05, 0) is 24.1 Å². The predicted molar refractivity (Wildman–Crippen MR) is 93.3 cm³/mol. The molecule has 5 nitrogen and oxygen atoms in total. The maximum Gasteiger partial charge on any atom is 0.231 e. The highest BCUT2D eigenvalue weighted by Gasteiger charge is 2.26. The summed E-state index contributed by atoms with van der Waals surface area (Å²) in [5.74, 6) is 2.17. The monoisotopic (exact) mass is 353 g/mol. The highest BCUT2D eigenvalue weighted by atomic mass is 35.5. The lowest BCUT2D eigenvalue weighted by molar-refractivity contribution is 0.174. The van der Waals surface area contributed by atoms with Crippen LogP contribution in [0.5, 0.6) is 11.5 Å². The Hall–Kier alpha value is -1.34. The summed E-state index contributed by atoms with van der Waals surface area (Å²) in [6.45, 7) is 5.40. The maximum absolute atomic E-state index is 6.09. The number of hydrogen-bond donors (Lipinski definition) is 1. The molecule has 2 aliphatic heterocycles. The van der Waals surface area contributed by atoms with Crippen LogP contribution in [0, 0.1) is 5.92 Å². The van der Waals surface area contributed by atoms with Crippen molar-refractivity contribution in [2.75, 3.05) is 19.9 Å². The molecular formula is C16H20ClN3O2S. The maximum atomic E-state index is 6.09. The Morgan fingerprint density at radius 1 is 1.30 bits per heavy atom. The van der Waals surface area contributed by atoms with Gasteiger partial charge in [0, 0.05) is 36.6 Å². The second-order valence-electron chi connectivity index (χ2n) is 6.05. The third kappa shape index (κ3) is 3.30. The van der Waals surface area contributed by atoms with E-state index in [1.54, 1.807) is 11.3 Å². The largest absolute Gasteiger partial charge is 0.454 e. The molecule has 2 N–H and O–H groups in total. The molecule has 1 saturated heterocycles. The number of hydrogen-bond acceptors (Lipinski definition) is 6. The van der Waals surface area contributed by atoms with Crippen LogP contribution in [-0.2, 0) is 6.54 Å². The summed E-state index contributed by atoms with van der Waals surface area (Å²) < 4.78 is 10.8. The highest BCUT2D eigenvalue weighted by molar-refractivity contribution is 7.13. The Bertz CT molecular complexity index is 684. The summed E-state index contributed by atoms with van der Waals surface area (Å²) in [6.07, 6.45) is 0. The van der Waals surface area contributed by atoms with E-state index in [0.717, 1.165) is 47.4 Å². The van der Waals surface area contributed by atoms with Crippen molar-refractivity contribution in [3.8, 4) is 22.1 Å². The van der Waals surface area contributed by atoms with Crippen LogP contribution in [0.1, 0.15) is 12.6 Å². The van der Waals surface area contributed by atoms with E-state index in [4.69, 9.17) is 20.2 Å². The standard InChI is InChI=1S/C16H19N3O2S.ClH/c1-10-5-19(7-13(10)17)6-12-8-22-16(18-12)11-2-3-14-15(4-11)21-9-20-14;/h2-4,8,10,13H,5-7,9,17H2,1H3;1H. The first-order valence-electron chi connectivity index (χ1n) is 7.51. The van der Waals surface area contributed by atoms with E-state index in [1.807, 2.05) is 18.2 Å². The van der Waals surface area contributed by atoms with Crippen LogP contribution in [-0.4, -0.2) is 35.8 Å². The molecule has 0 amide bonds. The van der Waals surface area contributed by atoms with Crippen LogP contribution in [0.15, 0.2) is 23.6 Å². The van der Waals surface area contributed by atoms with Crippen LogP contribution >= 0.6 is 23.7 Å². The van der Waals surface area contributed by atoms with Gasteiger partial charge < -0.3 is 15.2 Å². The zero-order valence-corrected chi connectivity index (χ0v) is 14.5. The molecule has 7 heteroatoms. The smallest absolute Gasteiger partial charge is 0.231 e. The first-order chi connectivity index (χ1) is 10.7. The first kappa shape index (κ1) is 16.5. The predicted octanol–water partition coefficient (Wildman–Crippen LogP) is 2.74. The molecule has 0 radical (unpaired) electrons. The van der Waals surface area contributed by atoms with Crippen LogP contribution < -0.4 is 15.2 Å². The summed E-state index contributed by atoms with van der Waals surface area (Å²) in [5, 5.41) is 3.15. The molecule has 23 heavy (non-hydrogen) atoms. The Morgan fingerprint density at radius 3 is 2.91 bits per heavy atom. The molecule has 2 aromatic rings. The number of thiazole rings is 1. The Labute approximate surface area is 145 Å². The Morgan fingerprint density at radius 2 is 2.13 bits per heavy atom. The lowest BCUT2D eigenvalue weighted by Crippen LogP contribution is -2.28. The minimum Gasteiger partial charge on any atom is -0.454 e. The molecule has 2 unspecified atom stereocenters. The number of likely N-dealkylation sites (tertiary alicyclic amines) is 1. The highest BCUT2D eigenvalue weighted by Crippen LogP contribution is 2.36. The molecule has 4 rings (SSSR count). The number of benzene rings is 1. The number of nitrogens with zero attached hydrogens (tertiary/aromatic N) is 2. The molecular weight excluding hydrogens is 334 g/mol. The number of aromatic nitrogens is 1. The number of rotatable bonds is 3. The van der Waals surface area contributed by atoms with Gasteiger partial charge in [0.1, 0.15) is 5.01 Å². The third-order valence-electron chi connectivity index (χ3n) is 4.30. The topological polar surface area (TPSA) is 60.6 Å². The fraction of sp³-hybridized carbons (Fsp3) is 0.438. The molecule has 0 bridgehead atoms. The Kier molecular flexibility index (Phi) is 4.77. The van der Waals surface area contributed by atoms with E-state index in [1.165, 1.54) is 0 Å². The molecule has 1 aromatic heterocycles. The van der Waals surface area contributed by atoms with Gasteiger partial charge in [-0.3, -0.25) is 4.90 Å². The molecule has 0 saturated carbocycles. The van der Waals surface area contributed by atoms with Crippen molar-refractivity contribution in [2.24, 2.45) is 11.7 Å². The first-order valence-corrected chi connectivity index (χ1v) is 8.39. The lowest BCUT2D eigenvalue weighted by atomic mass is 10.1. The minimum atomic E-state index is 0. The fourth-order valence-corrected chi connectivity index (χ4v) is 3.80. The van der Waals surface area contributed by atoms with Gasteiger partial charge >= 0.3 is 0 Å². The van der Waals surface area contributed by atoms with Gasteiger partial charge in [-0.2, -0.15) is 0 Å². The molecule has 124 valence electrons. The van der Waals surface area contributed by atoms with Crippen molar-refractivity contribution < 1.29 is 9.47 Å². The second-order valence-corrected chi connectivity index (χ2v) is 6.91. The quantitative estimate of drug-likeness (QED) is 0.919. The van der Waals surface area contributed by atoms with Gasteiger partial charge in [0.2, 0.25) is 6.79 Å². The van der Waals surface area contributed by atoms with E-state index in [9.17, 15) is 0 Å².